The van der Waals surface area contributed by atoms with E-state index in [9.17, 15) is 17.8 Å². The van der Waals surface area contributed by atoms with Crippen LogP contribution in [0.3, 0.4) is 0 Å². The fourth-order valence-electron chi connectivity index (χ4n) is 4.38. The standard InChI is InChI=1S/C26H32N2O5S/c1-4-28-23-13-12-21(34(31,32)33)19-22(23)26(2,3)24(28)10-8-9-20-14-17-27(18-15-20)16-7-5-6-11-25(29)30/h8-10,12-15,17-19H,4-7,11,16H2,1-3H3,(H-,29,30,31,32,33)/p+1. The first-order valence-corrected chi connectivity index (χ1v) is 13.0. The summed E-state index contributed by atoms with van der Waals surface area (Å²) in [5, 5.41) is 8.69. The monoisotopic (exact) mass is 485 g/mol. The number of allylic oxidation sites excluding steroid dienone is 3. The van der Waals surface area contributed by atoms with Crippen LogP contribution in [-0.2, 0) is 26.9 Å². The van der Waals surface area contributed by atoms with Crippen molar-refractivity contribution in [2.24, 2.45) is 0 Å². The number of pyridine rings is 1. The van der Waals surface area contributed by atoms with E-state index in [1.54, 1.807) is 12.1 Å². The molecule has 2 heterocycles. The summed E-state index contributed by atoms with van der Waals surface area (Å²) in [6.45, 7) is 7.75. The third-order valence-electron chi connectivity index (χ3n) is 6.24. The van der Waals surface area contributed by atoms with Crippen LogP contribution in [0.15, 0.2) is 65.5 Å². The van der Waals surface area contributed by atoms with Gasteiger partial charge in [-0.25, -0.2) is 4.57 Å². The van der Waals surface area contributed by atoms with E-state index in [-0.39, 0.29) is 11.3 Å². The molecule has 0 saturated carbocycles. The Morgan fingerprint density at radius 1 is 1.12 bits per heavy atom. The number of likely N-dealkylation sites (N-methyl/N-ethyl adjacent to an activating group) is 1. The van der Waals surface area contributed by atoms with Crippen molar-refractivity contribution in [3.8, 4) is 0 Å². The largest absolute Gasteiger partial charge is 0.481 e. The second kappa shape index (κ2) is 10.5. The average Bonchev–Trinajstić information content (AvgIpc) is 2.99. The Kier molecular flexibility index (Phi) is 7.94. The zero-order valence-electron chi connectivity index (χ0n) is 19.9. The zero-order valence-corrected chi connectivity index (χ0v) is 20.8. The Balaban J connectivity index is 1.71. The van der Waals surface area contributed by atoms with Crippen molar-refractivity contribution >= 4 is 27.9 Å². The van der Waals surface area contributed by atoms with Crippen LogP contribution >= 0.6 is 0 Å². The molecule has 2 N–H and O–H groups in total. The fourth-order valence-corrected chi connectivity index (χ4v) is 4.89. The molecule has 182 valence electrons. The molecule has 7 nitrogen and oxygen atoms in total. The van der Waals surface area contributed by atoms with E-state index in [0.29, 0.717) is 6.42 Å². The minimum absolute atomic E-state index is 0.0911. The predicted octanol–water partition coefficient (Wildman–Crippen LogP) is 4.58. The molecule has 0 aliphatic carbocycles. The van der Waals surface area contributed by atoms with E-state index < -0.39 is 21.5 Å². The maximum atomic E-state index is 11.6. The number of aliphatic carboxylic acids is 1. The molecule has 0 radical (unpaired) electrons. The molecule has 0 bridgehead atoms. The van der Waals surface area contributed by atoms with E-state index in [1.165, 1.54) is 6.07 Å². The third kappa shape index (κ3) is 5.93. The summed E-state index contributed by atoms with van der Waals surface area (Å²) in [5.74, 6) is -0.742. The lowest BCUT2D eigenvalue weighted by Crippen LogP contribution is -2.32. The quantitative estimate of drug-likeness (QED) is 0.290. The number of anilines is 1. The van der Waals surface area contributed by atoms with Crippen molar-refractivity contribution in [3.05, 3.63) is 71.7 Å². The van der Waals surface area contributed by atoms with Gasteiger partial charge in [-0.2, -0.15) is 8.42 Å². The number of unbranched alkanes of at least 4 members (excludes halogenated alkanes) is 2. The Morgan fingerprint density at radius 3 is 2.44 bits per heavy atom. The van der Waals surface area contributed by atoms with Crippen molar-refractivity contribution in [2.75, 3.05) is 11.4 Å². The normalized spacial score (nSPS) is 16.4. The highest BCUT2D eigenvalue weighted by molar-refractivity contribution is 7.85. The second-order valence-corrected chi connectivity index (χ2v) is 10.4. The van der Waals surface area contributed by atoms with Gasteiger partial charge in [-0.15, -0.1) is 0 Å². The van der Waals surface area contributed by atoms with Gasteiger partial charge in [-0.05, 0) is 55.2 Å². The number of carboxylic acids is 1. The van der Waals surface area contributed by atoms with Gasteiger partial charge in [0.25, 0.3) is 10.1 Å². The van der Waals surface area contributed by atoms with Crippen LogP contribution in [0.4, 0.5) is 5.69 Å². The van der Waals surface area contributed by atoms with Crippen molar-refractivity contribution in [2.45, 2.75) is 63.3 Å². The summed E-state index contributed by atoms with van der Waals surface area (Å²) in [6, 6.07) is 8.84. The Morgan fingerprint density at radius 2 is 1.82 bits per heavy atom. The van der Waals surface area contributed by atoms with Crippen LogP contribution in [0.1, 0.15) is 57.6 Å². The number of fused-ring (bicyclic) bond motifs is 1. The second-order valence-electron chi connectivity index (χ2n) is 9.01. The number of nitrogens with zero attached hydrogens (tertiary/aromatic N) is 2. The molecule has 1 aliphatic rings. The average molecular weight is 486 g/mol. The maximum Gasteiger partial charge on any atom is 0.303 e. The lowest BCUT2D eigenvalue weighted by Gasteiger charge is -2.25. The highest BCUT2D eigenvalue weighted by atomic mass is 32.2. The van der Waals surface area contributed by atoms with Gasteiger partial charge in [0.2, 0.25) is 0 Å². The predicted molar refractivity (Wildman–Crippen MR) is 132 cm³/mol. The zero-order chi connectivity index (χ0) is 24.9. The molecule has 0 amide bonds. The Labute approximate surface area is 201 Å². The molecule has 1 aliphatic heterocycles. The third-order valence-corrected chi connectivity index (χ3v) is 7.09. The first kappa shape index (κ1) is 25.6. The molecule has 2 aromatic rings. The number of aryl methyl sites for hydroxylation is 1. The highest BCUT2D eigenvalue weighted by Crippen LogP contribution is 2.48. The summed E-state index contributed by atoms with van der Waals surface area (Å²) in [7, 11) is -4.26. The Bertz CT molecular complexity index is 1200. The van der Waals surface area contributed by atoms with Gasteiger partial charge >= 0.3 is 5.97 Å². The molecule has 0 atom stereocenters. The molecule has 34 heavy (non-hydrogen) atoms. The number of benzene rings is 1. The first-order valence-electron chi connectivity index (χ1n) is 11.5. The van der Waals surface area contributed by atoms with Gasteiger partial charge < -0.3 is 10.0 Å². The summed E-state index contributed by atoms with van der Waals surface area (Å²) >= 11 is 0. The summed E-state index contributed by atoms with van der Waals surface area (Å²) in [4.78, 5) is 12.6. The first-order chi connectivity index (χ1) is 16.0. The van der Waals surface area contributed by atoms with E-state index in [2.05, 4.69) is 36.3 Å². The smallest absolute Gasteiger partial charge is 0.303 e. The van der Waals surface area contributed by atoms with Gasteiger partial charge in [0.05, 0.1) is 4.90 Å². The molecule has 0 fully saturated rings. The van der Waals surface area contributed by atoms with Crippen molar-refractivity contribution in [1.29, 1.82) is 0 Å². The number of carboxylic acid groups (broad SMARTS) is 1. The van der Waals surface area contributed by atoms with Crippen molar-refractivity contribution < 1.29 is 27.4 Å². The molecule has 3 rings (SSSR count). The van der Waals surface area contributed by atoms with Crippen LogP contribution < -0.4 is 9.47 Å². The molecule has 0 spiro atoms. The van der Waals surface area contributed by atoms with E-state index >= 15 is 0 Å². The molecule has 0 unspecified atom stereocenters. The molecule has 8 heteroatoms. The number of rotatable bonds is 10. The van der Waals surface area contributed by atoms with E-state index in [4.69, 9.17) is 5.11 Å². The van der Waals surface area contributed by atoms with Crippen molar-refractivity contribution in [1.82, 2.24) is 0 Å². The Hall–Kier alpha value is -2.97. The highest BCUT2D eigenvalue weighted by Gasteiger charge is 2.39. The van der Waals surface area contributed by atoms with Crippen LogP contribution in [0, 0.1) is 0 Å². The van der Waals surface area contributed by atoms with E-state index in [1.807, 2.05) is 36.7 Å². The topological polar surface area (TPSA) is 98.8 Å². The van der Waals surface area contributed by atoms with Crippen molar-refractivity contribution in [3.63, 3.8) is 0 Å². The molecular weight excluding hydrogens is 452 g/mol. The lowest BCUT2D eigenvalue weighted by molar-refractivity contribution is -0.697. The SMILES string of the molecule is CCN1C(=CC=Cc2cc[n+](CCCCCC(=O)O)cc2)C(C)(C)c2cc(S(=O)(=O)O)ccc21. The minimum atomic E-state index is -4.26. The van der Waals surface area contributed by atoms with E-state index in [0.717, 1.165) is 48.4 Å². The molecule has 0 saturated heterocycles. The number of carbonyl (C=O) groups is 1. The number of hydrogen-bond donors (Lipinski definition) is 2. The van der Waals surface area contributed by atoms with Crippen LogP contribution in [0.5, 0.6) is 0 Å². The van der Waals surface area contributed by atoms with Gasteiger partial charge in [0.1, 0.15) is 6.54 Å². The lowest BCUT2D eigenvalue weighted by atomic mass is 9.83. The molecular formula is C26H33N2O5S+. The van der Waals surface area contributed by atoms with Gasteiger partial charge in [0, 0.05) is 48.3 Å². The maximum absolute atomic E-state index is 11.6. The summed E-state index contributed by atoms with van der Waals surface area (Å²) in [6.07, 6.45) is 12.9. The summed E-state index contributed by atoms with van der Waals surface area (Å²) < 4.78 is 34.8. The van der Waals surface area contributed by atoms with Gasteiger partial charge in [-0.1, -0.05) is 26.0 Å². The fraction of sp³-hybridized carbons (Fsp3) is 0.385. The molecule has 1 aromatic heterocycles. The van der Waals surface area contributed by atoms with Crippen LogP contribution in [0.25, 0.3) is 6.08 Å². The minimum Gasteiger partial charge on any atom is -0.481 e. The van der Waals surface area contributed by atoms with Crippen LogP contribution in [0.2, 0.25) is 0 Å². The van der Waals surface area contributed by atoms with Gasteiger partial charge in [-0.3, -0.25) is 9.35 Å². The van der Waals surface area contributed by atoms with Gasteiger partial charge in [0.15, 0.2) is 12.4 Å². The number of hydrogen-bond acceptors (Lipinski definition) is 4. The van der Waals surface area contributed by atoms with Crippen LogP contribution in [-0.4, -0.2) is 30.6 Å². The summed E-state index contributed by atoms with van der Waals surface area (Å²) in [5.41, 5.74) is 3.51. The molecule has 1 aromatic carbocycles. The number of aromatic nitrogens is 1.